The Morgan fingerprint density at radius 1 is 1.03 bits per heavy atom. The topological polar surface area (TPSA) is 53.1 Å². The summed E-state index contributed by atoms with van der Waals surface area (Å²) in [5, 5.41) is 9.77. The summed E-state index contributed by atoms with van der Waals surface area (Å²) in [6, 6.07) is 12.3. The molecule has 0 radical (unpaired) electrons. The highest BCUT2D eigenvalue weighted by Crippen LogP contribution is 2.42. The summed E-state index contributed by atoms with van der Waals surface area (Å²) in [5.41, 5.74) is 3.03. The lowest BCUT2D eigenvalue weighted by molar-refractivity contribution is -0.138. The van der Waals surface area contributed by atoms with Crippen molar-refractivity contribution in [1.29, 1.82) is 0 Å². The summed E-state index contributed by atoms with van der Waals surface area (Å²) < 4.78 is 41.0. The molecule has 0 saturated heterocycles. The van der Waals surface area contributed by atoms with Gasteiger partial charge < -0.3 is 10.1 Å². The first-order chi connectivity index (χ1) is 14.8. The SMILES string of the molecule is O=C(O)CCc1cc2cc(/C=C/c3ccc(C4CCCC4)c(C(F)(F)F)c3)ccc2[nH]1. The fourth-order valence-electron chi connectivity index (χ4n) is 4.40. The van der Waals surface area contributed by atoms with Crippen molar-refractivity contribution in [3.63, 3.8) is 0 Å². The zero-order chi connectivity index (χ0) is 22.0. The van der Waals surface area contributed by atoms with E-state index in [4.69, 9.17) is 5.11 Å². The maximum absolute atomic E-state index is 13.7. The Bertz CT molecular complexity index is 1120. The number of fused-ring (bicyclic) bond motifs is 1. The molecular formula is C25H24F3NO2. The van der Waals surface area contributed by atoms with Gasteiger partial charge >= 0.3 is 12.1 Å². The van der Waals surface area contributed by atoms with Crippen LogP contribution in [0, 0.1) is 0 Å². The Balaban J connectivity index is 1.57. The zero-order valence-corrected chi connectivity index (χ0v) is 17.0. The van der Waals surface area contributed by atoms with Crippen LogP contribution in [-0.4, -0.2) is 16.1 Å². The van der Waals surface area contributed by atoms with E-state index in [0.29, 0.717) is 17.5 Å². The second kappa shape index (κ2) is 8.61. The zero-order valence-electron chi connectivity index (χ0n) is 17.0. The normalized spacial score (nSPS) is 15.3. The molecule has 1 aliphatic carbocycles. The Kier molecular flexibility index (Phi) is 5.90. The first-order valence-corrected chi connectivity index (χ1v) is 10.5. The van der Waals surface area contributed by atoms with Crippen LogP contribution in [0.3, 0.4) is 0 Å². The molecule has 1 saturated carbocycles. The molecule has 3 aromatic rings. The van der Waals surface area contributed by atoms with E-state index in [-0.39, 0.29) is 12.3 Å². The van der Waals surface area contributed by atoms with Crippen LogP contribution in [0.4, 0.5) is 13.2 Å². The van der Waals surface area contributed by atoms with Crippen molar-refractivity contribution in [2.75, 3.05) is 0 Å². The average molecular weight is 427 g/mol. The van der Waals surface area contributed by atoms with Gasteiger partial charge in [-0.1, -0.05) is 43.2 Å². The molecule has 6 heteroatoms. The number of H-pyrrole nitrogens is 1. The molecule has 1 fully saturated rings. The monoisotopic (exact) mass is 427 g/mol. The van der Waals surface area contributed by atoms with E-state index >= 15 is 0 Å². The van der Waals surface area contributed by atoms with Gasteiger partial charge in [-0.2, -0.15) is 13.2 Å². The van der Waals surface area contributed by atoms with Crippen molar-refractivity contribution in [2.45, 2.75) is 50.6 Å². The molecule has 1 aromatic heterocycles. The molecule has 1 heterocycles. The van der Waals surface area contributed by atoms with Crippen molar-refractivity contribution in [3.8, 4) is 0 Å². The summed E-state index contributed by atoms with van der Waals surface area (Å²) in [6.45, 7) is 0. The van der Waals surface area contributed by atoms with E-state index in [1.807, 2.05) is 24.3 Å². The third kappa shape index (κ3) is 5.01. The van der Waals surface area contributed by atoms with Crippen LogP contribution in [0.25, 0.3) is 23.1 Å². The molecule has 31 heavy (non-hydrogen) atoms. The second-order valence-electron chi connectivity index (χ2n) is 8.19. The van der Waals surface area contributed by atoms with E-state index in [2.05, 4.69) is 4.98 Å². The Morgan fingerprint density at radius 3 is 2.39 bits per heavy atom. The largest absolute Gasteiger partial charge is 0.481 e. The summed E-state index contributed by atoms with van der Waals surface area (Å²) in [6.07, 6.45) is 3.24. The molecule has 0 atom stereocenters. The number of alkyl halides is 3. The number of rotatable bonds is 6. The molecular weight excluding hydrogens is 403 g/mol. The quantitative estimate of drug-likeness (QED) is 0.415. The van der Waals surface area contributed by atoms with E-state index in [0.717, 1.165) is 47.8 Å². The molecule has 0 bridgehead atoms. The van der Waals surface area contributed by atoms with E-state index < -0.39 is 17.7 Å². The number of hydrogen-bond donors (Lipinski definition) is 2. The number of carboxylic acids is 1. The molecule has 162 valence electrons. The molecule has 2 N–H and O–H groups in total. The number of aryl methyl sites for hydroxylation is 1. The number of nitrogens with one attached hydrogen (secondary N) is 1. The van der Waals surface area contributed by atoms with E-state index in [9.17, 15) is 18.0 Å². The van der Waals surface area contributed by atoms with Crippen LogP contribution in [0.5, 0.6) is 0 Å². The standard InChI is InChI=1S/C25H24F3NO2/c26-25(27,28)22-14-17(7-10-21(22)18-3-1-2-4-18)6-5-16-8-11-23-19(13-16)15-20(29-23)9-12-24(30)31/h5-8,10-11,13-15,18,29H,1-4,9,12H2,(H,30,31)/b6-5+. The molecule has 1 aliphatic rings. The number of aliphatic carboxylic acids is 1. The first kappa shape index (κ1) is 21.2. The van der Waals surface area contributed by atoms with E-state index in [1.54, 1.807) is 24.3 Å². The number of carboxylic acid groups (broad SMARTS) is 1. The number of carbonyl (C=O) groups is 1. The van der Waals surface area contributed by atoms with Crippen LogP contribution in [0.2, 0.25) is 0 Å². The molecule has 0 aliphatic heterocycles. The Hall–Kier alpha value is -3.02. The second-order valence-corrected chi connectivity index (χ2v) is 8.19. The highest BCUT2D eigenvalue weighted by Gasteiger charge is 2.35. The van der Waals surface area contributed by atoms with E-state index in [1.165, 1.54) is 6.07 Å². The predicted octanol–water partition coefficient (Wildman–Crippen LogP) is 7.03. The van der Waals surface area contributed by atoms with Crippen LogP contribution in [-0.2, 0) is 17.4 Å². The minimum Gasteiger partial charge on any atom is -0.481 e. The molecule has 0 amide bonds. The number of aromatic nitrogens is 1. The Morgan fingerprint density at radius 2 is 1.71 bits per heavy atom. The lowest BCUT2D eigenvalue weighted by Gasteiger charge is -2.18. The smallest absolute Gasteiger partial charge is 0.416 e. The van der Waals surface area contributed by atoms with Gasteiger partial charge in [-0.25, -0.2) is 0 Å². The van der Waals surface area contributed by atoms with Gasteiger partial charge in [0.25, 0.3) is 0 Å². The Labute approximate surface area is 178 Å². The van der Waals surface area contributed by atoms with Gasteiger partial charge in [-0.05, 0) is 66.1 Å². The third-order valence-corrected chi connectivity index (χ3v) is 5.95. The highest BCUT2D eigenvalue weighted by molar-refractivity contribution is 5.84. The maximum Gasteiger partial charge on any atom is 0.416 e. The first-order valence-electron chi connectivity index (χ1n) is 10.5. The molecule has 4 rings (SSSR count). The minimum absolute atomic E-state index is 0.000903. The van der Waals surface area contributed by atoms with Crippen LogP contribution >= 0.6 is 0 Å². The molecule has 3 nitrogen and oxygen atoms in total. The average Bonchev–Trinajstić information content (AvgIpc) is 3.39. The maximum atomic E-state index is 13.7. The van der Waals surface area contributed by atoms with Gasteiger partial charge in [0.1, 0.15) is 0 Å². The molecule has 2 aromatic carbocycles. The number of halogens is 3. The summed E-state index contributed by atoms with van der Waals surface area (Å²) >= 11 is 0. The molecule has 0 spiro atoms. The van der Waals surface area contributed by atoms with Gasteiger partial charge in [0.05, 0.1) is 12.0 Å². The van der Waals surface area contributed by atoms with Gasteiger partial charge in [-0.3, -0.25) is 4.79 Å². The van der Waals surface area contributed by atoms with Crippen molar-refractivity contribution in [2.24, 2.45) is 0 Å². The highest BCUT2D eigenvalue weighted by atomic mass is 19.4. The fraction of sp³-hybridized carbons (Fsp3) is 0.320. The number of benzene rings is 2. The summed E-state index contributed by atoms with van der Waals surface area (Å²) in [7, 11) is 0. The van der Waals surface area contributed by atoms with Gasteiger partial charge in [0, 0.05) is 16.6 Å². The van der Waals surface area contributed by atoms with Crippen LogP contribution < -0.4 is 0 Å². The van der Waals surface area contributed by atoms with Crippen LogP contribution in [0.1, 0.15) is 66.0 Å². The van der Waals surface area contributed by atoms with Crippen molar-refractivity contribution in [1.82, 2.24) is 4.98 Å². The van der Waals surface area contributed by atoms with Crippen molar-refractivity contribution >= 4 is 29.0 Å². The van der Waals surface area contributed by atoms with Gasteiger partial charge in [0.15, 0.2) is 0 Å². The van der Waals surface area contributed by atoms with Crippen molar-refractivity contribution in [3.05, 3.63) is 70.4 Å². The lowest BCUT2D eigenvalue weighted by atomic mass is 9.91. The minimum atomic E-state index is -4.36. The fourth-order valence-corrected chi connectivity index (χ4v) is 4.40. The summed E-state index contributed by atoms with van der Waals surface area (Å²) in [4.78, 5) is 13.9. The molecule has 0 unspecified atom stereocenters. The van der Waals surface area contributed by atoms with Crippen molar-refractivity contribution < 1.29 is 23.1 Å². The number of aromatic amines is 1. The van der Waals surface area contributed by atoms with Crippen LogP contribution in [0.15, 0.2) is 42.5 Å². The predicted molar refractivity (Wildman–Crippen MR) is 116 cm³/mol. The number of hydrogen-bond acceptors (Lipinski definition) is 1. The van der Waals surface area contributed by atoms with Gasteiger partial charge in [-0.15, -0.1) is 0 Å². The third-order valence-electron chi connectivity index (χ3n) is 5.95. The summed E-state index contributed by atoms with van der Waals surface area (Å²) in [5.74, 6) is -0.847. The van der Waals surface area contributed by atoms with Gasteiger partial charge in [0.2, 0.25) is 0 Å². The lowest BCUT2D eigenvalue weighted by Crippen LogP contribution is -2.11.